The van der Waals surface area contributed by atoms with E-state index in [0.29, 0.717) is 0 Å². The molecule has 0 bridgehead atoms. The van der Waals surface area contributed by atoms with E-state index in [4.69, 9.17) is 33.2 Å². The van der Waals surface area contributed by atoms with E-state index in [2.05, 4.69) is 49.9 Å². The Morgan fingerprint density at radius 1 is 0.941 bits per heavy atom. The number of hydrogen-bond acceptors (Lipinski definition) is 1. The molecule has 96 valence electrons. The number of halogens is 3. The molecule has 6 heteroatoms. The van der Waals surface area contributed by atoms with Crippen molar-refractivity contribution in [2.24, 2.45) is 0 Å². The van der Waals surface area contributed by atoms with Crippen LogP contribution in [0.15, 0.2) is 18.2 Å². The van der Waals surface area contributed by atoms with Crippen LogP contribution in [-0.4, -0.2) is 14.4 Å². The third kappa shape index (κ3) is 3.64. The summed E-state index contributed by atoms with van der Waals surface area (Å²) in [4.78, 5) is 0. The third-order valence-electron chi connectivity index (χ3n) is 2.59. The maximum Gasteiger partial charge on any atom is 0.446 e. The average molecular weight is 327 g/mol. The second kappa shape index (κ2) is 5.13. The molecule has 17 heavy (non-hydrogen) atoms. The Morgan fingerprint density at radius 2 is 1.35 bits per heavy atom. The van der Waals surface area contributed by atoms with E-state index in [0.717, 1.165) is 5.69 Å². The predicted molar refractivity (Wildman–Crippen MR) is 85.1 cm³/mol. The largest absolute Gasteiger partial charge is 0.446 e. The fraction of sp³-hybridized carbons (Fsp3) is 0.455. The van der Waals surface area contributed by atoms with Crippen LogP contribution in [0.25, 0.3) is 0 Å². The van der Waals surface area contributed by atoms with Gasteiger partial charge in [0.2, 0.25) is 0 Å². The van der Waals surface area contributed by atoms with Crippen LogP contribution in [0.5, 0.6) is 0 Å². The van der Waals surface area contributed by atoms with Gasteiger partial charge in [0.05, 0.1) is 0 Å². The predicted octanol–water partition coefficient (Wildman–Crippen LogP) is 5.10. The summed E-state index contributed by atoms with van der Waals surface area (Å²) in [5, 5.41) is 0. The number of hydrogen-bond donors (Lipinski definition) is 0. The van der Waals surface area contributed by atoms with Crippen molar-refractivity contribution in [2.45, 2.75) is 33.5 Å². The van der Waals surface area contributed by atoms with E-state index in [1.807, 2.05) is 6.07 Å². The second-order valence-corrected chi connectivity index (χ2v) is 18.5. The van der Waals surface area contributed by atoms with E-state index in [1.54, 1.807) is 0 Å². The first-order chi connectivity index (χ1) is 7.55. The minimum absolute atomic E-state index is 1.11. The fourth-order valence-corrected chi connectivity index (χ4v) is 14.3. The van der Waals surface area contributed by atoms with Crippen molar-refractivity contribution >= 4 is 53.3 Å². The Balaban J connectivity index is 3.44. The first-order valence-corrected chi connectivity index (χ1v) is 13.9. The third-order valence-corrected chi connectivity index (χ3v) is 10.7. The summed E-state index contributed by atoms with van der Waals surface area (Å²) in [7, 11) is -1.73. The Morgan fingerprint density at radius 3 is 1.65 bits per heavy atom. The summed E-state index contributed by atoms with van der Waals surface area (Å²) in [6, 6.07) is 6.18. The van der Waals surface area contributed by atoms with Crippen molar-refractivity contribution in [1.82, 2.24) is 0 Å². The van der Waals surface area contributed by atoms with Crippen molar-refractivity contribution in [3.05, 3.63) is 29.3 Å². The quantitative estimate of drug-likeness (QED) is 0.552. The second-order valence-electron chi connectivity index (χ2n) is 5.21. The lowest BCUT2D eigenvalue weighted by atomic mass is 10.1. The number of anilines is 1. The van der Waals surface area contributed by atoms with E-state index >= 15 is 0 Å². The van der Waals surface area contributed by atoms with Gasteiger partial charge in [-0.25, -0.2) is 0 Å². The van der Waals surface area contributed by atoms with Crippen LogP contribution in [0.4, 0.5) is 5.69 Å². The summed E-state index contributed by atoms with van der Waals surface area (Å²) in [6.07, 6.45) is -2.91. The summed E-state index contributed by atoms with van der Waals surface area (Å²) in [5.41, 5.74) is 3.45. The van der Waals surface area contributed by atoms with Crippen LogP contribution in [0.3, 0.4) is 0 Å². The molecule has 1 aromatic rings. The van der Waals surface area contributed by atoms with Gasteiger partial charge in [0.25, 0.3) is 0 Å². The first-order valence-electron chi connectivity index (χ1n) is 5.48. The molecule has 0 aliphatic rings. The molecular weight excluding hydrogens is 309 g/mol. The Bertz CT molecular complexity index is 376. The van der Waals surface area contributed by atoms with Crippen molar-refractivity contribution in [3.8, 4) is 0 Å². The van der Waals surface area contributed by atoms with Gasteiger partial charge in [-0.1, -0.05) is 37.8 Å². The highest BCUT2D eigenvalue weighted by Gasteiger charge is 2.43. The molecule has 0 saturated carbocycles. The molecule has 0 unspecified atom stereocenters. The van der Waals surface area contributed by atoms with Crippen LogP contribution < -0.4 is 4.23 Å². The zero-order chi connectivity index (χ0) is 13.4. The van der Waals surface area contributed by atoms with Gasteiger partial charge in [0.15, 0.2) is 0 Å². The zero-order valence-electron chi connectivity index (χ0n) is 10.8. The van der Waals surface area contributed by atoms with E-state index in [9.17, 15) is 0 Å². The molecule has 0 radical (unpaired) electrons. The molecule has 1 rings (SSSR count). The normalized spacial score (nSPS) is 12.7. The Kier molecular flexibility index (Phi) is 4.65. The van der Waals surface area contributed by atoms with Crippen LogP contribution in [0.1, 0.15) is 11.1 Å². The summed E-state index contributed by atoms with van der Waals surface area (Å²) in [5.74, 6) is 0. The van der Waals surface area contributed by atoms with Crippen molar-refractivity contribution in [2.75, 3.05) is 4.23 Å². The van der Waals surface area contributed by atoms with Crippen LogP contribution >= 0.6 is 33.2 Å². The number of aryl methyl sites for hydroxylation is 2. The van der Waals surface area contributed by atoms with Crippen molar-refractivity contribution in [1.29, 1.82) is 0 Å². The van der Waals surface area contributed by atoms with E-state index in [-0.39, 0.29) is 0 Å². The van der Waals surface area contributed by atoms with Crippen molar-refractivity contribution in [3.63, 3.8) is 0 Å². The minimum atomic E-state index is -2.91. The number of rotatable bonds is 3. The zero-order valence-corrected chi connectivity index (χ0v) is 15.1. The molecular formula is C11H18Cl3NSi2. The van der Waals surface area contributed by atoms with Gasteiger partial charge in [-0.15, -0.1) is 33.2 Å². The lowest BCUT2D eigenvalue weighted by Crippen LogP contribution is -2.56. The molecule has 0 aromatic heterocycles. The SMILES string of the molecule is Cc1cccc(C)c1N([Si](C)(C)C)[Si](Cl)(Cl)Cl. The topological polar surface area (TPSA) is 3.24 Å². The van der Waals surface area contributed by atoms with Gasteiger partial charge in [-0.05, 0) is 25.0 Å². The molecule has 0 heterocycles. The van der Waals surface area contributed by atoms with Crippen LogP contribution in [0.2, 0.25) is 19.6 Å². The van der Waals surface area contributed by atoms with Crippen LogP contribution in [0, 0.1) is 13.8 Å². The highest BCUT2D eigenvalue weighted by atomic mass is 35.8. The Labute approximate surface area is 120 Å². The lowest BCUT2D eigenvalue weighted by molar-refractivity contribution is 1.30. The van der Waals surface area contributed by atoms with Gasteiger partial charge >= 0.3 is 6.16 Å². The molecule has 1 aromatic carbocycles. The summed E-state index contributed by atoms with van der Waals surface area (Å²) < 4.78 is 2.11. The molecule has 1 nitrogen and oxygen atoms in total. The number of benzene rings is 1. The average Bonchev–Trinajstić information content (AvgIpc) is 2.06. The lowest BCUT2D eigenvalue weighted by Gasteiger charge is -2.42. The molecule has 0 spiro atoms. The fourth-order valence-electron chi connectivity index (χ4n) is 2.00. The van der Waals surface area contributed by atoms with Gasteiger partial charge in [0, 0.05) is 5.69 Å². The van der Waals surface area contributed by atoms with Gasteiger partial charge < -0.3 is 4.23 Å². The molecule has 0 aliphatic heterocycles. The van der Waals surface area contributed by atoms with Crippen molar-refractivity contribution < 1.29 is 0 Å². The van der Waals surface area contributed by atoms with Gasteiger partial charge in [-0.3, -0.25) is 0 Å². The highest BCUT2D eigenvalue weighted by molar-refractivity contribution is 7.67. The number of para-hydroxylation sites is 1. The monoisotopic (exact) mass is 325 g/mol. The van der Waals surface area contributed by atoms with E-state index in [1.165, 1.54) is 11.1 Å². The number of nitrogens with zero attached hydrogens (tertiary/aromatic N) is 1. The minimum Gasteiger partial charge on any atom is -0.389 e. The molecule has 0 amide bonds. The maximum atomic E-state index is 6.29. The maximum absolute atomic E-state index is 6.29. The van der Waals surface area contributed by atoms with Gasteiger partial charge in [0.1, 0.15) is 8.24 Å². The Hall–Kier alpha value is 0.324. The molecule has 0 aliphatic carbocycles. The highest BCUT2D eigenvalue weighted by Crippen LogP contribution is 2.38. The standard InChI is InChI=1S/C11H18Cl3NSi2/c1-9-7-6-8-10(2)11(9)15(16(3,4)5)17(12,13)14/h6-8H,1-5H3. The summed E-state index contributed by atoms with van der Waals surface area (Å²) in [6.45, 7) is 10.7. The smallest absolute Gasteiger partial charge is 0.389 e. The molecule has 0 fully saturated rings. The summed E-state index contributed by atoms with van der Waals surface area (Å²) >= 11 is 18.9. The molecule has 0 atom stereocenters. The molecule has 0 N–H and O–H groups in total. The molecule has 0 saturated heterocycles. The first kappa shape index (κ1) is 15.4. The van der Waals surface area contributed by atoms with E-state index < -0.39 is 14.4 Å². The van der Waals surface area contributed by atoms with Crippen LogP contribution in [-0.2, 0) is 0 Å². The van der Waals surface area contributed by atoms with Gasteiger partial charge in [-0.2, -0.15) is 0 Å².